The fraction of sp³-hybridized carbons (Fsp3) is 0.500. The minimum atomic E-state index is -3.58. The molecular weight excluding hydrogens is 440 g/mol. The Bertz CT molecular complexity index is 1020. The molecule has 9 heteroatoms. The lowest BCUT2D eigenvalue weighted by atomic mass is 10.1. The normalized spacial score (nSPS) is 19.8. The SMILES string of the molecule is CCCC(C)NS(=O)(=O)c1ccc(NCc2ccc(C(=O)N3CC(C)OC(C)C3)cc2)nc1. The summed E-state index contributed by atoms with van der Waals surface area (Å²) >= 11 is 0. The highest BCUT2D eigenvalue weighted by molar-refractivity contribution is 7.89. The molecule has 0 spiro atoms. The number of sulfonamides is 1. The van der Waals surface area contributed by atoms with Crippen LogP contribution in [0.1, 0.15) is 56.5 Å². The molecule has 1 amide bonds. The number of carbonyl (C=O) groups excluding carboxylic acids is 1. The molecule has 180 valence electrons. The second-order valence-corrected chi connectivity index (χ2v) is 10.4. The van der Waals surface area contributed by atoms with E-state index in [0.717, 1.165) is 18.4 Å². The molecule has 3 atom stereocenters. The van der Waals surface area contributed by atoms with Crippen LogP contribution in [0.15, 0.2) is 47.5 Å². The van der Waals surface area contributed by atoms with Gasteiger partial charge in [0.2, 0.25) is 10.0 Å². The zero-order chi connectivity index (χ0) is 24.0. The van der Waals surface area contributed by atoms with Crippen LogP contribution in [0.4, 0.5) is 5.82 Å². The highest BCUT2D eigenvalue weighted by Crippen LogP contribution is 2.16. The Labute approximate surface area is 196 Å². The van der Waals surface area contributed by atoms with E-state index in [1.165, 1.54) is 6.20 Å². The van der Waals surface area contributed by atoms with Crippen LogP contribution in [0.3, 0.4) is 0 Å². The number of hydrogen-bond donors (Lipinski definition) is 2. The van der Waals surface area contributed by atoms with Gasteiger partial charge in [-0.25, -0.2) is 18.1 Å². The average Bonchev–Trinajstić information content (AvgIpc) is 2.77. The number of pyridine rings is 1. The van der Waals surface area contributed by atoms with Crippen molar-refractivity contribution in [1.29, 1.82) is 0 Å². The van der Waals surface area contributed by atoms with Gasteiger partial charge < -0.3 is 15.0 Å². The maximum absolute atomic E-state index is 12.8. The van der Waals surface area contributed by atoms with Crippen molar-refractivity contribution in [2.45, 2.75) is 70.2 Å². The number of rotatable bonds is 9. The van der Waals surface area contributed by atoms with Gasteiger partial charge in [-0.15, -0.1) is 0 Å². The van der Waals surface area contributed by atoms with Crippen molar-refractivity contribution in [2.24, 2.45) is 0 Å². The van der Waals surface area contributed by atoms with Gasteiger partial charge >= 0.3 is 0 Å². The number of benzene rings is 1. The summed E-state index contributed by atoms with van der Waals surface area (Å²) in [4.78, 5) is 19.0. The van der Waals surface area contributed by atoms with Crippen LogP contribution in [-0.4, -0.2) is 55.5 Å². The lowest BCUT2D eigenvalue weighted by Gasteiger charge is -2.35. The molecule has 1 aliphatic rings. The van der Waals surface area contributed by atoms with E-state index < -0.39 is 10.0 Å². The molecule has 0 bridgehead atoms. The predicted octanol–water partition coefficient (Wildman–Crippen LogP) is 3.41. The van der Waals surface area contributed by atoms with Crippen molar-refractivity contribution in [3.63, 3.8) is 0 Å². The van der Waals surface area contributed by atoms with Gasteiger partial charge in [-0.2, -0.15) is 0 Å². The summed E-state index contributed by atoms with van der Waals surface area (Å²) in [7, 11) is -3.58. The Morgan fingerprint density at radius 2 is 1.82 bits per heavy atom. The van der Waals surface area contributed by atoms with Crippen LogP contribution in [0, 0.1) is 0 Å². The van der Waals surface area contributed by atoms with Gasteiger partial charge in [-0.05, 0) is 57.0 Å². The van der Waals surface area contributed by atoms with E-state index in [4.69, 9.17) is 4.74 Å². The minimum Gasteiger partial charge on any atom is -0.372 e. The van der Waals surface area contributed by atoms with E-state index in [1.54, 1.807) is 12.1 Å². The zero-order valence-corrected chi connectivity index (χ0v) is 20.6. The number of carbonyl (C=O) groups is 1. The Morgan fingerprint density at radius 3 is 2.39 bits per heavy atom. The smallest absolute Gasteiger partial charge is 0.254 e. The van der Waals surface area contributed by atoms with Crippen molar-refractivity contribution in [2.75, 3.05) is 18.4 Å². The number of ether oxygens (including phenoxy) is 1. The first-order valence-electron chi connectivity index (χ1n) is 11.4. The van der Waals surface area contributed by atoms with E-state index in [9.17, 15) is 13.2 Å². The number of aromatic nitrogens is 1. The first kappa shape index (κ1) is 25.1. The van der Waals surface area contributed by atoms with Gasteiger partial charge in [-0.3, -0.25) is 4.79 Å². The third-order valence-electron chi connectivity index (χ3n) is 5.51. The maximum atomic E-state index is 12.8. The minimum absolute atomic E-state index is 0.0110. The molecular formula is C24H34N4O4S. The molecule has 1 saturated heterocycles. The monoisotopic (exact) mass is 474 g/mol. The second kappa shape index (κ2) is 11.1. The number of morpholine rings is 1. The maximum Gasteiger partial charge on any atom is 0.254 e. The van der Waals surface area contributed by atoms with Crippen molar-refractivity contribution < 1.29 is 17.9 Å². The quantitative estimate of drug-likeness (QED) is 0.578. The molecule has 0 aliphatic carbocycles. The van der Waals surface area contributed by atoms with Gasteiger partial charge in [0.1, 0.15) is 10.7 Å². The van der Waals surface area contributed by atoms with Gasteiger partial charge in [0.15, 0.2) is 0 Å². The Hall–Kier alpha value is -2.49. The first-order valence-corrected chi connectivity index (χ1v) is 12.9. The van der Waals surface area contributed by atoms with Crippen molar-refractivity contribution in [3.05, 3.63) is 53.7 Å². The molecule has 1 aromatic carbocycles. The molecule has 8 nitrogen and oxygen atoms in total. The summed E-state index contributed by atoms with van der Waals surface area (Å²) in [5, 5.41) is 3.19. The van der Waals surface area contributed by atoms with E-state index in [-0.39, 0.29) is 29.1 Å². The molecule has 1 aromatic heterocycles. The fourth-order valence-corrected chi connectivity index (χ4v) is 5.18. The molecule has 0 radical (unpaired) electrons. The summed E-state index contributed by atoms with van der Waals surface area (Å²) in [5.74, 6) is 0.587. The topological polar surface area (TPSA) is 101 Å². The van der Waals surface area contributed by atoms with Crippen LogP contribution in [0.5, 0.6) is 0 Å². The van der Waals surface area contributed by atoms with Gasteiger partial charge in [-0.1, -0.05) is 25.5 Å². The number of nitrogens with zero attached hydrogens (tertiary/aromatic N) is 2. The van der Waals surface area contributed by atoms with Crippen molar-refractivity contribution in [1.82, 2.24) is 14.6 Å². The number of nitrogens with one attached hydrogen (secondary N) is 2. The molecule has 33 heavy (non-hydrogen) atoms. The van der Waals surface area contributed by atoms with E-state index in [0.29, 0.717) is 31.0 Å². The third-order valence-corrected chi connectivity index (χ3v) is 7.08. The Balaban J connectivity index is 1.55. The van der Waals surface area contributed by atoms with Crippen LogP contribution in [0.25, 0.3) is 0 Å². The molecule has 1 aliphatic heterocycles. The predicted molar refractivity (Wildman–Crippen MR) is 129 cm³/mol. The van der Waals surface area contributed by atoms with E-state index >= 15 is 0 Å². The lowest BCUT2D eigenvalue weighted by molar-refractivity contribution is -0.0586. The number of hydrogen-bond acceptors (Lipinski definition) is 6. The first-order chi connectivity index (χ1) is 15.7. The van der Waals surface area contributed by atoms with E-state index in [2.05, 4.69) is 15.0 Å². The molecule has 2 N–H and O–H groups in total. The summed E-state index contributed by atoms with van der Waals surface area (Å²) in [6.07, 6.45) is 3.11. The summed E-state index contributed by atoms with van der Waals surface area (Å²) in [6, 6.07) is 10.5. The van der Waals surface area contributed by atoms with Crippen molar-refractivity contribution >= 4 is 21.7 Å². The molecule has 0 saturated carbocycles. The highest BCUT2D eigenvalue weighted by Gasteiger charge is 2.26. The second-order valence-electron chi connectivity index (χ2n) is 8.71. The van der Waals surface area contributed by atoms with Gasteiger partial charge in [0, 0.05) is 37.4 Å². The Morgan fingerprint density at radius 1 is 1.15 bits per heavy atom. The summed E-state index contributed by atoms with van der Waals surface area (Å²) in [5.41, 5.74) is 1.64. The zero-order valence-electron chi connectivity index (χ0n) is 19.7. The summed E-state index contributed by atoms with van der Waals surface area (Å²) < 4.78 is 33.2. The molecule has 3 unspecified atom stereocenters. The van der Waals surface area contributed by atoms with Gasteiger partial charge in [0.25, 0.3) is 5.91 Å². The standard InChI is InChI=1S/C24H34N4O4S/c1-5-6-17(2)27-33(30,31)22-11-12-23(26-14-22)25-13-20-7-9-21(10-8-20)24(29)28-15-18(3)32-19(4)16-28/h7-12,14,17-19,27H,5-6,13,15-16H2,1-4H3,(H,25,26). The van der Waals surface area contributed by atoms with Crippen LogP contribution in [0.2, 0.25) is 0 Å². The molecule has 1 fully saturated rings. The fourth-order valence-electron chi connectivity index (χ4n) is 3.95. The third kappa shape index (κ3) is 6.99. The highest BCUT2D eigenvalue weighted by atomic mass is 32.2. The Kier molecular flexibility index (Phi) is 8.45. The molecule has 2 heterocycles. The average molecular weight is 475 g/mol. The lowest BCUT2D eigenvalue weighted by Crippen LogP contribution is -2.48. The van der Waals surface area contributed by atoms with E-state index in [1.807, 2.05) is 56.9 Å². The largest absolute Gasteiger partial charge is 0.372 e. The molecule has 3 rings (SSSR count). The van der Waals surface area contributed by atoms with Crippen LogP contribution in [-0.2, 0) is 21.3 Å². The number of amides is 1. The van der Waals surface area contributed by atoms with Gasteiger partial charge in [0.05, 0.1) is 12.2 Å². The number of anilines is 1. The van der Waals surface area contributed by atoms with Crippen LogP contribution >= 0.6 is 0 Å². The summed E-state index contributed by atoms with van der Waals surface area (Å²) in [6.45, 7) is 9.52. The van der Waals surface area contributed by atoms with Crippen molar-refractivity contribution in [3.8, 4) is 0 Å². The van der Waals surface area contributed by atoms with Crippen LogP contribution < -0.4 is 10.0 Å². The molecule has 2 aromatic rings.